The van der Waals surface area contributed by atoms with Gasteiger partial charge in [0, 0.05) is 18.1 Å². The van der Waals surface area contributed by atoms with Crippen LogP contribution in [0.3, 0.4) is 0 Å². The van der Waals surface area contributed by atoms with E-state index in [1.165, 1.54) is 0 Å². The Hall–Kier alpha value is -2.33. The summed E-state index contributed by atoms with van der Waals surface area (Å²) < 4.78 is 0. The van der Waals surface area contributed by atoms with Crippen LogP contribution in [0.1, 0.15) is 38.3 Å². The van der Waals surface area contributed by atoms with E-state index >= 15 is 0 Å². The molecule has 2 amide bonds. The number of hydrogen-bond acceptors (Lipinski definition) is 2. The molecule has 2 aromatic carbocycles. The van der Waals surface area contributed by atoms with Crippen LogP contribution in [0.15, 0.2) is 54.6 Å². The van der Waals surface area contributed by atoms with Crippen LogP contribution in [0.4, 0.5) is 0 Å². The molecule has 28 heavy (non-hydrogen) atoms. The second kappa shape index (κ2) is 10.9. The van der Waals surface area contributed by atoms with E-state index in [9.17, 15) is 9.59 Å². The van der Waals surface area contributed by atoms with Crippen molar-refractivity contribution in [3.8, 4) is 0 Å². The van der Waals surface area contributed by atoms with Crippen LogP contribution in [-0.4, -0.2) is 29.3 Å². The van der Waals surface area contributed by atoms with Gasteiger partial charge in [0.25, 0.3) is 0 Å². The molecular formula is C23H29ClN2O2. The lowest BCUT2D eigenvalue weighted by Gasteiger charge is -2.31. The van der Waals surface area contributed by atoms with Crippen molar-refractivity contribution in [1.82, 2.24) is 10.2 Å². The topological polar surface area (TPSA) is 49.4 Å². The molecule has 0 spiro atoms. The number of rotatable bonds is 9. The highest BCUT2D eigenvalue weighted by molar-refractivity contribution is 6.30. The molecule has 2 rings (SSSR count). The van der Waals surface area contributed by atoms with Crippen molar-refractivity contribution in [2.75, 3.05) is 6.54 Å². The van der Waals surface area contributed by atoms with Gasteiger partial charge in [-0.3, -0.25) is 9.59 Å². The van der Waals surface area contributed by atoms with Crippen LogP contribution in [0, 0.1) is 5.92 Å². The molecule has 0 fully saturated rings. The van der Waals surface area contributed by atoms with Crippen LogP contribution in [0.2, 0.25) is 5.02 Å². The van der Waals surface area contributed by atoms with Gasteiger partial charge in [-0.05, 0) is 35.6 Å². The Kier molecular flexibility index (Phi) is 8.52. The lowest BCUT2D eigenvalue weighted by atomic mass is 10.1. The van der Waals surface area contributed by atoms with Crippen molar-refractivity contribution in [2.24, 2.45) is 5.92 Å². The normalized spacial score (nSPS) is 11.9. The number of carbonyl (C=O) groups excluding carboxylic acids is 2. The zero-order valence-electron chi connectivity index (χ0n) is 16.8. The van der Waals surface area contributed by atoms with Crippen LogP contribution in [-0.2, 0) is 22.6 Å². The first-order valence-electron chi connectivity index (χ1n) is 9.76. The van der Waals surface area contributed by atoms with E-state index in [-0.39, 0.29) is 18.2 Å². The van der Waals surface area contributed by atoms with E-state index in [0.29, 0.717) is 30.5 Å². The average Bonchev–Trinajstić information content (AvgIpc) is 2.68. The second-order valence-corrected chi connectivity index (χ2v) is 7.81. The summed E-state index contributed by atoms with van der Waals surface area (Å²) in [7, 11) is 0. The Labute approximate surface area is 172 Å². The maximum Gasteiger partial charge on any atom is 0.242 e. The maximum atomic E-state index is 13.1. The molecule has 1 unspecified atom stereocenters. The monoisotopic (exact) mass is 400 g/mol. The molecule has 0 aliphatic carbocycles. The van der Waals surface area contributed by atoms with Gasteiger partial charge < -0.3 is 10.2 Å². The van der Waals surface area contributed by atoms with Crippen molar-refractivity contribution in [2.45, 2.75) is 46.2 Å². The van der Waals surface area contributed by atoms with Gasteiger partial charge >= 0.3 is 0 Å². The number of hydrogen-bond donors (Lipinski definition) is 1. The molecule has 1 atom stereocenters. The zero-order chi connectivity index (χ0) is 20.5. The highest BCUT2D eigenvalue weighted by atomic mass is 35.5. The third kappa shape index (κ3) is 6.68. The van der Waals surface area contributed by atoms with Gasteiger partial charge in [-0.15, -0.1) is 0 Å². The number of nitrogens with zero attached hydrogens (tertiary/aromatic N) is 1. The Morgan fingerprint density at radius 3 is 2.21 bits per heavy atom. The van der Waals surface area contributed by atoms with E-state index in [2.05, 4.69) is 5.32 Å². The smallest absolute Gasteiger partial charge is 0.242 e. The lowest BCUT2D eigenvalue weighted by Crippen LogP contribution is -2.50. The lowest BCUT2D eigenvalue weighted by molar-refractivity contribution is -0.141. The maximum absolute atomic E-state index is 13.1. The van der Waals surface area contributed by atoms with E-state index in [1.807, 2.05) is 63.2 Å². The Bertz CT molecular complexity index is 760. The molecule has 1 N–H and O–H groups in total. The first kappa shape index (κ1) is 22.0. The SMILES string of the molecule is CCC(C(=O)NCC(C)C)N(Cc1ccc(Cl)cc1)C(=O)Cc1ccccc1. The molecule has 150 valence electrons. The summed E-state index contributed by atoms with van der Waals surface area (Å²) in [5, 5.41) is 3.62. The number of amides is 2. The van der Waals surface area contributed by atoms with Gasteiger partial charge in [0.2, 0.25) is 11.8 Å². The molecule has 4 nitrogen and oxygen atoms in total. The summed E-state index contributed by atoms with van der Waals surface area (Å²) in [6, 6.07) is 16.5. The minimum atomic E-state index is -0.509. The molecule has 0 aliphatic heterocycles. The van der Waals surface area contributed by atoms with Crippen LogP contribution in [0.25, 0.3) is 0 Å². The Balaban J connectivity index is 2.23. The van der Waals surface area contributed by atoms with Gasteiger partial charge in [0.15, 0.2) is 0 Å². The van der Waals surface area contributed by atoms with E-state index in [4.69, 9.17) is 11.6 Å². The van der Waals surface area contributed by atoms with Gasteiger partial charge in [0.1, 0.15) is 6.04 Å². The average molecular weight is 401 g/mol. The van der Waals surface area contributed by atoms with Crippen LogP contribution in [0.5, 0.6) is 0 Å². The van der Waals surface area contributed by atoms with Crippen molar-refractivity contribution in [3.63, 3.8) is 0 Å². The number of nitrogens with one attached hydrogen (secondary N) is 1. The predicted molar refractivity (Wildman–Crippen MR) is 114 cm³/mol. The summed E-state index contributed by atoms with van der Waals surface area (Å²) in [4.78, 5) is 27.6. The summed E-state index contributed by atoms with van der Waals surface area (Å²) in [5.41, 5.74) is 1.88. The Morgan fingerprint density at radius 1 is 1.00 bits per heavy atom. The molecule has 5 heteroatoms. The van der Waals surface area contributed by atoms with Crippen molar-refractivity contribution in [3.05, 3.63) is 70.7 Å². The van der Waals surface area contributed by atoms with Gasteiger partial charge in [-0.2, -0.15) is 0 Å². The van der Waals surface area contributed by atoms with Crippen molar-refractivity contribution < 1.29 is 9.59 Å². The standard InChI is InChI=1S/C23H29ClN2O2/c1-4-21(23(28)25-15-17(2)3)26(16-19-10-12-20(24)13-11-19)22(27)14-18-8-6-5-7-9-18/h5-13,17,21H,4,14-16H2,1-3H3,(H,25,28). The van der Waals surface area contributed by atoms with Crippen molar-refractivity contribution >= 4 is 23.4 Å². The molecular weight excluding hydrogens is 372 g/mol. The van der Waals surface area contributed by atoms with Crippen LogP contribution >= 0.6 is 11.6 Å². The first-order valence-corrected chi connectivity index (χ1v) is 10.1. The summed E-state index contributed by atoms with van der Waals surface area (Å²) >= 11 is 5.98. The molecule has 0 aromatic heterocycles. The molecule has 2 aromatic rings. The van der Waals surface area contributed by atoms with Gasteiger partial charge in [0.05, 0.1) is 6.42 Å². The summed E-state index contributed by atoms with van der Waals surface area (Å²) in [5.74, 6) is 0.186. The van der Waals surface area contributed by atoms with E-state index < -0.39 is 6.04 Å². The number of halogens is 1. The van der Waals surface area contributed by atoms with Gasteiger partial charge in [-0.1, -0.05) is 74.8 Å². The molecule has 0 heterocycles. The minimum Gasteiger partial charge on any atom is -0.354 e. The van der Waals surface area contributed by atoms with E-state index in [0.717, 1.165) is 11.1 Å². The van der Waals surface area contributed by atoms with Crippen LogP contribution < -0.4 is 5.32 Å². The fourth-order valence-electron chi connectivity index (χ4n) is 3.00. The molecule has 0 bridgehead atoms. The zero-order valence-corrected chi connectivity index (χ0v) is 17.6. The second-order valence-electron chi connectivity index (χ2n) is 7.37. The third-order valence-electron chi connectivity index (χ3n) is 4.53. The molecule has 0 saturated carbocycles. The van der Waals surface area contributed by atoms with Gasteiger partial charge in [-0.25, -0.2) is 0 Å². The highest BCUT2D eigenvalue weighted by Crippen LogP contribution is 2.17. The highest BCUT2D eigenvalue weighted by Gasteiger charge is 2.28. The fraction of sp³-hybridized carbons (Fsp3) is 0.391. The number of benzene rings is 2. The first-order chi connectivity index (χ1) is 13.4. The van der Waals surface area contributed by atoms with E-state index in [1.54, 1.807) is 17.0 Å². The van der Waals surface area contributed by atoms with Crippen molar-refractivity contribution in [1.29, 1.82) is 0 Å². The predicted octanol–water partition coefficient (Wildman–Crippen LogP) is 4.46. The Morgan fingerprint density at radius 2 is 1.64 bits per heavy atom. The summed E-state index contributed by atoms with van der Waals surface area (Å²) in [6.45, 7) is 7.00. The largest absolute Gasteiger partial charge is 0.354 e. The number of carbonyl (C=O) groups is 2. The molecule has 0 saturated heterocycles. The quantitative estimate of drug-likeness (QED) is 0.675. The summed E-state index contributed by atoms with van der Waals surface area (Å²) in [6.07, 6.45) is 0.820. The minimum absolute atomic E-state index is 0.0623. The molecule has 0 aliphatic rings. The molecule has 0 radical (unpaired) electrons. The fourth-order valence-corrected chi connectivity index (χ4v) is 3.13. The third-order valence-corrected chi connectivity index (χ3v) is 4.79.